The number of fused-ring (bicyclic) bond motifs is 1. The highest BCUT2D eigenvalue weighted by Gasteiger charge is 2.28. The van der Waals surface area contributed by atoms with Crippen molar-refractivity contribution >= 4 is 16.9 Å². The maximum Gasteiger partial charge on any atom is 0.304 e. The van der Waals surface area contributed by atoms with E-state index < -0.39 is 11.4 Å². The Morgan fingerprint density at radius 1 is 1.39 bits per heavy atom. The first kappa shape index (κ1) is 12.5. The number of nitrogens with one attached hydrogen (secondary N) is 1. The number of rotatable bonds is 3. The van der Waals surface area contributed by atoms with Gasteiger partial charge in [0.05, 0.1) is 6.42 Å². The molecule has 0 atom stereocenters. The number of hydrogen-bond donors (Lipinski definition) is 3. The second-order valence-electron chi connectivity index (χ2n) is 5.31. The standard InChI is InChI=1S/C14H17NO3/c1-8-7-15-10-5-4-9(13(18)12(8)10)14(2,3)6-11(16)17/h4-5,7,15,18H,6H2,1-3H3,(H,16,17). The van der Waals surface area contributed by atoms with E-state index in [4.69, 9.17) is 5.11 Å². The Bertz CT molecular complexity index is 611. The number of carboxylic acids is 1. The van der Waals surface area contributed by atoms with Gasteiger partial charge in [-0.2, -0.15) is 0 Å². The van der Waals surface area contributed by atoms with Crippen LogP contribution >= 0.6 is 0 Å². The zero-order valence-corrected chi connectivity index (χ0v) is 10.7. The number of aryl methyl sites for hydroxylation is 1. The topological polar surface area (TPSA) is 73.3 Å². The predicted octanol–water partition coefficient (Wildman–Crippen LogP) is 2.93. The van der Waals surface area contributed by atoms with Crippen molar-refractivity contribution in [2.45, 2.75) is 32.6 Å². The molecule has 0 saturated heterocycles. The van der Waals surface area contributed by atoms with E-state index in [1.54, 1.807) is 6.07 Å². The molecular formula is C14H17NO3. The van der Waals surface area contributed by atoms with Crippen LogP contribution in [0.5, 0.6) is 5.75 Å². The number of benzene rings is 1. The van der Waals surface area contributed by atoms with Gasteiger partial charge < -0.3 is 15.2 Å². The fourth-order valence-corrected chi connectivity index (χ4v) is 2.39. The van der Waals surface area contributed by atoms with Crippen molar-refractivity contribution in [1.82, 2.24) is 4.98 Å². The van der Waals surface area contributed by atoms with E-state index in [1.807, 2.05) is 33.0 Å². The van der Waals surface area contributed by atoms with Crippen molar-refractivity contribution in [2.24, 2.45) is 0 Å². The third-order valence-electron chi connectivity index (χ3n) is 3.34. The summed E-state index contributed by atoms with van der Waals surface area (Å²) < 4.78 is 0. The van der Waals surface area contributed by atoms with Crippen LogP contribution in [0.25, 0.3) is 10.9 Å². The molecule has 0 fully saturated rings. The van der Waals surface area contributed by atoms with E-state index in [1.165, 1.54) is 0 Å². The van der Waals surface area contributed by atoms with Crippen LogP contribution in [0.1, 0.15) is 31.4 Å². The lowest BCUT2D eigenvalue weighted by Crippen LogP contribution is -2.21. The van der Waals surface area contributed by atoms with E-state index in [9.17, 15) is 9.90 Å². The van der Waals surface area contributed by atoms with E-state index in [2.05, 4.69) is 4.98 Å². The maximum atomic E-state index is 10.9. The average molecular weight is 247 g/mol. The summed E-state index contributed by atoms with van der Waals surface area (Å²) in [5, 5.41) is 20.1. The average Bonchev–Trinajstić information content (AvgIpc) is 2.59. The van der Waals surface area contributed by atoms with Gasteiger partial charge in [0.15, 0.2) is 0 Å². The molecule has 0 saturated carbocycles. The first-order valence-corrected chi connectivity index (χ1v) is 5.85. The van der Waals surface area contributed by atoms with Crippen molar-refractivity contribution < 1.29 is 15.0 Å². The van der Waals surface area contributed by atoms with Gasteiger partial charge in [0.2, 0.25) is 0 Å². The van der Waals surface area contributed by atoms with Gasteiger partial charge in [-0.15, -0.1) is 0 Å². The highest BCUT2D eigenvalue weighted by atomic mass is 16.4. The summed E-state index contributed by atoms with van der Waals surface area (Å²) in [6, 6.07) is 3.66. The smallest absolute Gasteiger partial charge is 0.304 e. The van der Waals surface area contributed by atoms with Crippen LogP contribution in [0.15, 0.2) is 18.3 Å². The number of carboxylic acid groups (broad SMARTS) is 1. The van der Waals surface area contributed by atoms with Crippen LogP contribution in [0.3, 0.4) is 0 Å². The van der Waals surface area contributed by atoms with Gasteiger partial charge in [-0.3, -0.25) is 4.79 Å². The molecule has 0 unspecified atom stereocenters. The molecule has 1 aromatic carbocycles. The molecule has 4 nitrogen and oxygen atoms in total. The van der Waals surface area contributed by atoms with Crippen LogP contribution in [-0.4, -0.2) is 21.2 Å². The largest absolute Gasteiger partial charge is 0.507 e. The molecule has 1 aromatic heterocycles. The summed E-state index contributed by atoms with van der Waals surface area (Å²) in [5.41, 5.74) is 1.88. The third-order valence-corrected chi connectivity index (χ3v) is 3.34. The van der Waals surface area contributed by atoms with Crippen LogP contribution < -0.4 is 0 Å². The zero-order chi connectivity index (χ0) is 13.5. The highest BCUT2D eigenvalue weighted by Crippen LogP contribution is 2.39. The summed E-state index contributed by atoms with van der Waals surface area (Å²) in [6.45, 7) is 5.56. The molecule has 0 spiro atoms. The first-order chi connectivity index (χ1) is 8.33. The van der Waals surface area contributed by atoms with Gasteiger partial charge >= 0.3 is 5.97 Å². The number of aliphatic carboxylic acids is 1. The number of phenols is 1. The lowest BCUT2D eigenvalue weighted by Gasteiger charge is -2.24. The molecular weight excluding hydrogens is 230 g/mol. The Kier molecular flexibility index (Phi) is 2.81. The summed E-state index contributed by atoms with van der Waals surface area (Å²) in [7, 11) is 0. The molecule has 2 aromatic rings. The Labute approximate surface area is 105 Å². The van der Waals surface area contributed by atoms with Crippen molar-refractivity contribution in [3.05, 3.63) is 29.5 Å². The van der Waals surface area contributed by atoms with E-state index in [0.29, 0.717) is 5.56 Å². The quantitative estimate of drug-likeness (QED) is 0.780. The summed E-state index contributed by atoms with van der Waals surface area (Å²) >= 11 is 0. The monoisotopic (exact) mass is 247 g/mol. The molecule has 0 aliphatic rings. The summed E-state index contributed by atoms with van der Waals surface area (Å²) in [4.78, 5) is 14.0. The first-order valence-electron chi connectivity index (χ1n) is 5.85. The lowest BCUT2D eigenvalue weighted by atomic mass is 9.80. The van der Waals surface area contributed by atoms with Crippen molar-refractivity contribution in [2.75, 3.05) is 0 Å². The van der Waals surface area contributed by atoms with Crippen molar-refractivity contribution in [3.63, 3.8) is 0 Å². The Morgan fingerprint density at radius 2 is 2.06 bits per heavy atom. The van der Waals surface area contributed by atoms with E-state index in [-0.39, 0.29) is 12.2 Å². The third kappa shape index (κ3) is 1.94. The molecule has 18 heavy (non-hydrogen) atoms. The molecule has 2 rings (SSSR count). The zero-order valence-electron chi connectivity index (χ0n) is 10.7. The molecule has 96 valence electrons. The number of aromatic nitrogens is 1. The van der Waals surface area contributed by atoms with Crippen LogP contribution in [0, 0.1) is 6.92 Å². The van der Waals surface area contributed by atoms with Gasteiger partial charge in [0, 0.05) is 28.1 Å². The van der Waals surface area contributed by atoms with E-state index in [0.717, 1.165) is 16.5 Å². The molecule has 0 amide bonds. The molecule has 4 heteroatoms. The lowest BCUT2D eigenvalue weighted by molar-refractivity contribution is -0.138. The van der Waals surface area contributed by atoms with E-state index >= 15 is 0 Å². The molecule has 0 bridgehead atoms. The van der Waals surface area contributed by atoms with Crippen LogP contribution in [0.4, 0.5) is 0 Å². The molecule has 1 heterocycles. The van der Waals surface area contributed by atoms with Crippen LogP contribution in [-0.2, 0) is 10.2 Å². The predicted molar refractivity (Wildman–Crippen MR) is 70.0 cm³/mol. The fraction of sp³-hybridized carbons (Fsp3) is 0.357. The second-order valence-corrected chi connectivity index (χ2v) is 5.31. The number of hydrogen-bond acceptors (Lipinski definition) is 2. The molecule has 0 aliphatic carbocycles. The molecule has 0 radical (unpaired) electrons. The fourth-order valence-electron chi connectivity index (χ4n) is 2.39. The minimum atomic E-state index is -0.870. The number of phenolic OH excluding ortho intramolecular Hbond substituents is 1. The molecule has 0 aliphatic heterocycles. The number of aromatic amines is 1. The van der Waals surface area contributed by atoms with Gasteiger partial charge in [-0.1, -0.05) is 19.9 Å². The van der Waals surface area contributed by atoms with Crippen molar-refractivity contribution in [1.29, 1.82) is 0 Å². The minimum absolute atomic E-state index is 0.0183. The second kappa shape index (κ2) is 4.05. The number of aromatic hydroxyl groups is 1. The summed E-state index contributed by atoms with van der Waals surface area (Å²) in [6.07, 6.45) is 1.81. The van der Waals surface area contributed by atoms with Gasteiger partial charge in [-0.05, 0) is 18.6 Å². The van der Waals surface area contributed by atoms with Crippen molar-refractivity contribution in [3.8, 4) is 5.75 Å². The Morgan fingerprint density at radius 3 is 2.67 bits per heavy atom. The summed E-state index contributed by atoms with van der Waals surface area (Å²) in [5.74, 6) is -0.692. The maximum absolute atomic E-state index is 10.9. The van der Waals surface area contributed by atoms with Gasteiger partial charge in [0.25, 0.3) is 0 Å². The normalized spacial score (nSPS) is 11.9. The molecule has 3 N–H and O–H groups in total. The number of carbonyl (C=O) groups is 1. The van der Waals surface area contributed by atoms with Crippen LogP contribution in [0.2, 0.25) is 0 Å². The van der Waals surface area contributed by atoms with Gasteiger partial charge in [-0.25, -0.2) is 0 Å². The minimum Gasteiger partial charge on any atom is -0.507 e. The Balaban J connectivity index is 2.61. The Hall–Kier alpha value is -1.97. The number of H-pyrrole nitrogens is 1. The highest BCUT2D eigenvalue weighted by molar-refractivity contribution is 5.90. The SMILES string of the molecule is Cc1c[nH]c2ccc(C(C)(C)CC(=O)O)c(O)c12. The van der Waals surface area contributed by atoms with Gasteiger partial charge in [0.1, 0.15) is 5.75 Å².